The van der Waals surface area contributed by atoms with Crippen molar-refractivity contribution in [1.82, 2.24) is 9.97 Å². The third kappa shape index (κ3) is 3.34. The fourth-order valence-corrected chi connectivity index (χ4v) is 1.96. The predicted octanol–water partition coefficient (Wildman–Crippen LogP) is 3.38. The molecule has 0 aliphatic carbocycles. The number of hydrogen-bond donors (Lipinski definition) is 2. The quantitative estimate of drug-likeness (QED) is 0.803. The maximum atomic E-state index is 12.0. The van der Waals surface area contributed by atoms with Crippen molar-refractivity contribution in [3.05, 3.63) is 44.7 Å². The normalized spacial score (nSPS) is 10.3. The predicted molar refractivity (Wildman–Crippen MR) is 78.6 cm³/mol. The molecule has 0 atom stereocenters. The van der Waals surface area contributed by atoms with E-state index in [9.17, 15) is 4.79 Å². The van der Waals surface area contributed by atoms with Crippen molar-refractivity contribution in [1.29, 1.82) is 0 Å². The van der Waals surface area contributed by atoms with Gasteiger partial charge < -0.3 is 11.1 Å². The number of amides is 1. The van der Waals surface area contributed by atoms with Crippen LogP contribution in [0, 0.1) is 0 Å². The van der Waals surface area contributed by atoms with E-state index in [1.807, 2.05) is 0 Å². The molecule has 0 spiro atoms. The van der Waals surface area contributed by atoms with Gasteiger partial charge in [-0.2, -0.15) is 0 Å². The molecule has 2 aromatic rings. The molecule has 1 aromatic heterocycles. The van der Waals surface area contributed by atoms with E-state index >= 15 is 0 Å². The van der Waals surface area contributed by atoms with Gasteiger partial charge in [0, 0.05) is 5.69 Å². The molecule has 98 valence electrons. The highest BCUT2D eigenvalue weighted by atomic mass is 79.9. The average Bonchev–Trinajstić information content (AvgIpc) is 2.36. The highest BCUT2D eigenvalue weighted by Crippen LogP contribution is 2.29. The van der Waals surface area contributed by atoms with E-state index in [-0.39, 0.29) is 15.6 Å². The van der Waals surface area contributed by atoms with Crippen LogP contribution in [0.15, 0.2) is 29.1 Å². The molecule has 0 radical (unpaired) electrons. The smallest absolute Gasteiger partial charge is 0.258 e. The Morgan fingerprint density at radius 2 is 2.00 bits per heavy atom. The molecule has 0 unspecified atom stereocenters. The average molecular weight is 362 g/mol. The zero-order chi connectivity index (χ0) is 14.0. The molecule has 0 bridgehead atoms. The summed E-state index contributed by atoms with van der Waals surface area (Å²) in [6.45, 7) is 0. The Hall–Kier alpha value is -1.37. The minimum atomic E-state index is -0.462. The Labute approximate surface area is 127 Å². The first kappa shape index (κ1) is 14.0. The van der Waals surface area contributed by atoms with Crippen LogP contribution in [0.5, 0.6) is 0 Å². The molecule has 0 saturated carbocycles. The van der Waals surface area contributed by atoms with E-state index in [1.165, 1.54) is 24.5 Å². The topological polar surface area (TPSA) is 80.9 Å². The monoisotopic (exact) mass is 360 g/mol. The lowest BCUT2D eigenvalue weighted by molar-refractivity contribution is 0.102. The molecule has 3 N–H and O–H groups in total. The summed E-state index contributed by atoms with van der Waals surface area (Å²) < 4.78 is 0.565. The number of halogens is 3. The number of nitrogen functional groups attached to an aromatic ring is 1. The van der Waals surface area contributed by atoms with Crippen LogP contribution in [-0.4, -0.2) is 15.9 Å². The van der Waals surface area contributed by atoms with Gasteiger partial charge in [0.1, 0.15) is 4.60 Å². The van der Waals surface area contributed by atoms with Crippen LogP contribution >= 0.6 is 39.1 Å². The summed E-state index contributed by atoms with van der Waals surface area (Å²) in [5.41, 5.74) is 6.15. The molecular formula is C11H7BrCl2N4O. The highest BCUT2D eigenvalue weighted by Gasteiger charge is 2.15. The van der Waals surface area contributed by atoms with Crippen LogP contribution in [0.2, 0.25) is 10.0 Å². The number of nitrogens with two attached hydrogens (primary N) is 1. The molecule has 0 aliphatic heterocycles. The van der Waals surface area contributed by atoms with E-state index in [2.05, 4.69) is 31.2 Å². The van der Waals surface area contributed by atoms with Crippen LogP contribution in [0.1, 0.15) is 10.4 Å². The number of nitrogens with one attached hydrogen (secondary N) is 1. The number of carbonyl (C=O) groups excluding carboxylic acids is 1. The molecule has 8 heteroatoms. The third-order valence-corrected chi connectivity index (χ3v) is 3.37. The molecule has 0 fully saturated rings. The maximum Gasteiger partial charge on any atom is 0.258 e. The maximum absolute atomic E-state index is 12.0. The summed E-state index contributed by atoms with van der Waals surface area (Å²) in [5, 5.41) is 2.90. The Bertz CT molecular complexity index is 633. The van der Waals surface area contributed by atoms with Crippen molar-refractivity contribution in [2.45, 2.75) is 0 Å². The second-order valence-electron chi connectivity index (χ2n) is 3.54. The van der Waals surface area contributed by atoms with E-state index < -0.39 is 5.91 Å². The molecule has 19 heavy (non-hydrogen) atoms. The number of rotatable bonds is 2. The largest absolute Gasteiger partial charge is 0.399 e. The Kier molecular flexibility index (Phi) is 4.24. The number of nitrogens with zero attached hydrogens (tertiary/aromatic N) is 2. The first-order chi connectivity index (χ1) is 8.97. The molecule has 1 heterocycles. The van der Waals surface area contributed by atoms with E-state index in [0.717, 1.165) is 0 Å². The van der Waals surface area contributed by atoms with Crippen molar-refractivity contribution < 1.29 is 4.79 Å². The van der Waals surface area contributed by atoms with Gasteiger partial charge in [0.15, 0.2) is 5.82 Å². The highest BCUT2D eigenvalue weighted by molar-refractivity contribution is 9.10. The Morgan fingerprint density at radius 3 is 2.63 bits per heavy atom. The van der Waals surface area contributed by atoms with Gasteiger partial charge in [-0.1, -0.05) is 23.2 Å². The zero-order valence-corrected chi connectivity index (χ0v) is 12.4. The molecule has 1 amide bonds. The Morgan fingerprint density at radius 1 is 1.26 bits per heavy atom. The van der Waals surface area contributed by atoms with E-state index in [4.69, 9.17) is 28.9 Å². The minimum Gasteiger partial charge on any atom is -0.399 e. The van der Waals surface area contributed by atoms with E-state index in [0.29, 0.717) is 16.1 Å². The van der Waals surface area contributed by atoms with Crippen LogP contribution in [0.4, 0.5) is 11.5 Å². The number of anilines is 2. The van der Waals surface area contributed by atoms with Gasteiger partial charge in [0.05, 0.1) is 28.0 Å². The molecular weight excluding hydrogens is 355 g/mol. The second-order valence-corrected chi connectivity index (χ2v) is 5.14. The first-order valence-electron chi connectivity index (χ1n) is 5.01. The van der Waals surface area contributed by atoms with Gasteiger partial charge in [-0.05, 0) is 28.1 Å². The summed E-state index contributed by atoms with van der Waals surface area (Å²) in [7, 11) is 0. The van der Waals surface area contributed by atoms with Gasteiger partial charge in [0.25, 0.3) is 5.91 Å². The molecule has 2 rings (SSSR count). The molecule has 0 aliphatic rings. The molecule has 0 saturated heterocycles. The van der Waals surface area contributed by atoms with Gasteiger partial charge in [0.2, 0.25) is 0 Å². The van der Waals surface area contributed by atoms with Crippen molar-refractivity contribution in [2.24, 2.45) is 0 Å². The lowest BCUT2D eigenvalue weighted by atomic mass is 10.2. The third-order valence-electron chi connectivity index (χ3n) is 2.16. The SMILES string of the molecule is Nc1cc(Cl)c(Cl)c(C(=O)Nc2cnc(Br)cn2)c1. The fourth-order valence-electron chi connectivity index (χ4n) is 1.34. The number of carbonyl (C=O) groups is 1. The van der Waals surface area contributed by atoms with E-state index in [1.54, 1.807) is 0 Å². The van der Waals surface area contributed by atoms with Gasteiger partial charge in [-0.25, -0.2) is 9.97 Å². The Balaban J connectivity index is 2.27. The summed E-state index contributed by atoms with van der Waals surface area (Å²) >= 11 is 15.0. The standard InChI is InChI=1S/C11H7BrCl2N4O/c12-8-3-17-9(4-16-8)18-11(19)6-1-5(15)2-7(13)10(6)14/h1-4H,15H2,(H,17,18,19). The number of hydrogen-bond acceptors (Lipinski definition) is 4. The van der Waals surface area contributed by atoms with Crippen molar-refractivity contribution >= 4 is 56.5 Å². The first-order valence-corrected chi connectivity index (χ1v) is 6.55. The van der Waals surface area contributed by atoms with Crippen LogP contribution in [-0.2, 0) is 0 Å². The van der Waals surface area contributed by atoms with Crippen LogP contribution < -0.4 is 11.1 Å². The minimum absolute atomic E-state index is 0.137. The molecule has 1 aromatic carbocycles. The van der Waals surface area contributed by atoms with Gasteiger partial charge in [-0.15, -0.1) is 0 Å². The van der Waals surface area contributed by atoms with Crippen molar-refractivity contribution in [3.63, 3.8) is 0 Å². The fraction of sp³-hybridized carbons (Fsp3) is 0. The summed E-state index contributed by atoms with van der Waals surface area (Å²) in [5.74, 6) is -0.168. The van der Waals surface area contributed by atoms with Gasteiger partial charge in [-0.3, -0.25) is 4.79 Å². The zero-order valence-electron chi connectivity index (χ0n) is 9.32. The van der Waals surface area contributed by atoms with Crippen molar-refractivity contribution in [2.75, 3.05) is 11.1 Å². The van der Waals surface area contributed by atoms with Crippen LogP contribution in [0.25, 0.3) is 0 Å². The number of benzene rings is 1. The molecule has 5 nitrogen and oxygen atoms in total. The lowest BCUT2D eigenvalue weighted by Crippen LogP contribution is -2.14. The summed E-state index contributed by atoms with van der Waals surface area (Å²) in [6, 6.07) is 2.91. The van der Waals surface area contributed by atoms with Gasteiger partial charge >= 0.3 is 0 Å². The summed E-state index contributed by atoms with van der Waals surface area (Å²) in [6.07, 6.45) is 2.87. The van der Waals surface area contributed by atoms with Crippen LogP contribution in [0.3, 0.4) is 0 Å². The summed E-state index contributed by atoms with van der Waals surface area (Å²) in [4.78, 5) is 19.9. The second kappa shape index (κ2) is 5.73. The number of aromatic nitrogens is 2. The van der Waals surface area contributed by atoms with Crippen molar-refractivity contribution in [3.8, 4) is 0 Å². The lowest BCUT2D eigenvalue weighted by Gasteiger charge is -2.08.